The second-order valence-corrected chi connectivity index (χ2v) is 14.7. The van der Waals surface area contributed by atoms with Crippen LogP contribution in [0.25, 0.3) is 0 Å². The van der Waals surface area contributed by atoms with Gasteiger partial charge in [0.2, 0.25) is 5.91 Å². The fraction of sp³-hybridized carbons (Fsp3) is 0.657. The van der Waals surface area contributed by atoms with E-state index < -0.39 is 0 Å². The van der Waals surface area contributed by atoms with Gasteiger partial charge in [-0.15, -0.1) is 0 Å². The average molecular weight is 517 g/mol. The zero-order valence-electron chi connectivity index (χ0n) is 25.4. The van der Waals surface area contributed by atoms with E-state index in [4.69, 9.17) is 0 Å². The van der Waals surface area contributed by atoms with Crippen molar-refractivity contribution >= 4 is 5.91 Å². The largest absolute Gasteiger partial charge is 0.336 e. The molecule has 0 spiro atoms. The Morgan fingerprint density at radius 3 is 2.53 bits per heavy atom. The summed E-state index contributed by atoms with van der Waals surface area (Å²) in [7, 11) is 0. The molecule has 1 saturated carbocycles. The fourth-order valence-corrected chi connectivity index (χ4v) is 8.09. The maximum absolute atomic E-state index is 13.9. The molecule has 0 saturated heterocycles. The molecule has 0 aliphatic heterocycles. The van der Waals surface area contributed by atoms with E-state index in [2.05, 4.69) is 89.5 Å². The summed E-state index contributed by atoms with van der Waals surface area (Å²) in [5.74, 6) is 1.80. The van der Waals surface area contributed by atoms with E-state index >= 15 is 0 Å². The minimum absolute atomic E-state index is 0.0963. The van der Waals surface area contributed by atoms with Gasteiger partial charge in [-0.25, -0.2) is 0 Å². The third kappa shape index (κ3) is 6.35. The lowest BCUT2D eigenvalue weighted by Gasteiger charge is -2.56. The van der Waals surface area contributed by atoms with Crippen LogP contribution in [0.5, 0.6) is 0 Å². The molecule has 1 amide bonds. The maximum Gasteiger partial charge on any atom is 0.223 e. The van der Waals surface area contributed by atoms with Crippen molar-refractivity contribution in [1.29, 1.82) is 0 Å². The lowest BCUT2D eigenvalue weighted by Crippen LogP contribution is -2.54. The number of rotatable bonds is 8. The van der Waals surface area contributed by atoms with Crippen molar-refractivity contribution in [3.8, 4) is 0 Å². The van der Waals surface area contributed by atoms with Crippen LogP contribution in [0.1, 0.15) is 122 Å². The van der Waals surface area contributed by atoms with Gasteiger partial charge in [-0.1, -0.05) is 86.1 Å². The number of aromatic nitrogens is 1. The molecule has 1 aromatic heterocycles. The van der Waals surface area contributed by atoms with E-state index in [0.717, 1.165) is 25.1 Å². The highest BCUT2D eigenvalue weighted by Crippen LogP contribution is 2.57. The Hall–Kier alpha value is -2.16. The SMILES string of the molecule is CC(CC(=O)N(Cc1ccccn1)CC1(C)CCCC2(C)c3ccc(C(C)C)cc3CCC12)CC(C)(C)C. The third-order valence-corrected chi connectivity index (χ3v) is 9.64. The number of hydrogen-bond acceptors (Lipinski definition) is 2. The van der Waals surface area contributed by atoms with Crippen LogP contribution in [-0.2, 0) is 23.2 Å². The quantitative estimate of drug-likeness (QED) is 0.351. The van der Waals surface area contributed by atoms with Gasteiger partial charge >= 0.3 is 0 Å². The number of amides is 1. The molecular weight excluding hydrogens is 464 g/mol. The van der Waals surface area contributed by atoms with Gasteiger partial charge in [-0.3, -0.25) is 9.78 Å². The Kier molecular flexibility index (Phi) is 8.46. The number of carbonyl (C=O) groups is 1. The average Bonchev–Trinajstić information content (AvgIpc) is 2.82. The van der Waals surface area contributed by atoms with E-state index in [1.54, 1.807) is 11.1 Å². The second-order valence-electron chi connectivity index (χ2n) is 14.7. The van der Waals surface area contributed by atoms with Crippen LogP contribution in [-0.4, -0.2) is 22.3 Å². The topological polar surface area (TPSA) is 33.2 Å². The summed E-state index contributed by atoms with van der Waals surface area (Å²) in [5, 5.41) is 0. The minimum atomic E-state index is 0.0963. The Morgan fingerprint density at radius 2 is 1.87 bits per heavy atom. The fourth-order valence-electron chi connectivity index (χ4n) is 8.09. The van der Waals surface area contributed by atoms with Crippen molar-refractivity contribution in [2.75, 3.05) is 6.54 Å². The Labute approximate surface area is 232 Å². The van der Waals surface area contributed by atoms with Gasteiger partial charge in [-0.2, -0.15) is 0 Å². The van der Waals surface area contributed by atoms with Gasteiger partial charge < -0.3 is 4.90 Å². The Morgan fingerprint density at radius 1 is 1.11 bits per heavy atom. The molecule has 0 bridgehead atoms. The van der Waals surface area contributed by atoms with E-state index in [9.17, 15) is 4.79 Å². The van der Waals surface area contributed by atoms with Crippen LogP contribution >= 0.6 is 0 Å². The molecule has 2 aromatic rings. The lowest BCUT2D eigenvalue weighted by molar-refractivity contribution is -0.136. The van der Waals surface area contributed by atoms with E-state index in [0.29, 0.717) is 36.6 Å². The number of benzene rings is 1. The molecule has 2 aliphatic rings. The molecule has 0 N–H and O–H groups in total. The molecule has 4 atom stereocenters. The molecule has 38 heavy (non-hydrogen) atoms. The van der Waals surface area contributed by atoms with Crippen LogP contribution in [0.15, 0.2) is 42.6 Å². The summed E-state index contributed by atoms with van der Waals surface area (Å²) in [6.07, 6.45) is 9.56. The van der Waals surface area contributed by atoms with Crippen molar-refractivity contribution in [1.82, 2.24) is 9.88 Å². The highest BCUT2D eigenvalue weighted by Gasteiger charge is 2.52. The molecule has 4 rings (SSSR count). The predicted molar refractivity (Wildman–Crippen MR) is 159 cm³/mol. The van der Waals surface area contributed by atoms with Crippen molar-refractivity contribution in [2.45, 2.75) is 118 Å². The number of carbonyl (C=O) groups excluding carboxylic acids is 1. The van der Waals surface area contributed by atoms with E-state index in [1.807, 2.05) is 18.3 Å². The molecule has 3 nitrogen and oxygen atoms in total. The Bertz CT molecular complexity index is 1100. The first-order chi connectivity index (χ1) is 17.8. The monoisotopic (exact) mass is 516 g/mol. The molecule has 1 heterocycles. The minimum Gasteiger partial charge on any atom is -0.336 e. The molecular formula is C35H52N2O. The van der Waals surface area contributed by atoms with Crippen molar-refractivity contribution < 1.29 is 4.79 Å². The highest BCUT2D eigenvalue weighted by molar-refractivity contribution is 5.76. The third-order valence-electron chi connectivity index (χ3n) is 9.64. The van der Waals surface area contributed by atoms with Crippen molar-refractivity contribution in [3.05, 3.63) is 65.0 Å². The van der Waals surface area contributed by atoms with Gasteiger partial charge in [0.1, 0.15) is 0 Å². The van der Waals surface area contributed by atoms with Gasteiger partial charge in [-0.05, 0) is 94.9 Å². The zero-order chi connectivity index (χ0) is 27.7. The molecule has 4 unspecified atom stereocenters. The second kappa shape index (κ2) is 11.1. The van der Waals surface area contributed by atoms with Gasteiger partial charge in [0.05, 0.1) is 12.2 Å². The lowest BCUT2D eigenvalue weighted by atomic mass is 9.49. The van der Waals surface area contributed by atoms with Crippen molar-refractivity contribution in [2.24, 2.45) is 22.7 Å². The van der Waals surface area contributed by atoms with Crippen molar-refractivity contribution in [3.63, 3.8) is 0 Å². The molecule has 3 heteroatoms. The molecule has 0 radical (unpaired) electrons. The summed E-state index contributed by atoms with van der Waals surface area (Å²) in [6, 6.07) is 13.4. The standard InChI is InChI=1S/C35H52N2O/c1-25(2)27-13-15-30-28(21-27)14-16-31-34(7,17-11-18-35(30,31)8)24-37(23-29-12-9-10-19-36-29)32(38)20-26(3)22-33(4,5)6/h9-10,12-13,15,19,21,25-26,31H,11,14,16-18,20,22-24H2,1-8H3. The molecule has 208 valence electrons. The summed E-state index contributed by atoms with van der Waals surface area (Å²) in [4.78, 5) is 20.7. The summed E-state index contributed by atoms with van der Waals surface area (Å²) >= 11 is 0. The number of fused-ring (bicyclic) bond motifs is 3. The van der Waals surface area contributed by atoms with Crippen LogP contribution in [0.3, 0.4) is 0 Å². The number of pyridine rings is 1. The molecule has 2 aliphatic carbocycles. The normalized spacial score (nSPS) is 26.0. The smallest absolute Gasteiger partial charge is 0.223 e. The van der Waals surface area contributed by atoms with Gasteiger partial charge in [0, 0.05) is 19.2 Å². The number of hydrogen-bond donors (Lipinski definition) is 0. The van der Waals surface area contributed by atoms with Gasteiger partial charge in [0.25, 0.3) is 0 Å². The highest BCUT2D eigenvalue weighted by atomic mass is 16.2. The zero-order valence-corrected chi connectivity index (χ0v) is 25.4. The summed E-state index contributed by atoms with van der Waals surface area (Å²) < 4.78 is 0. The van der Waals surface area contributed by atoms with Crippen LogP contribution < -0.4 is 0 Å². The maximum atomic E-state index is 13.9. The summed E-state index contributed by atoms with van der Waals surface area (Å²) in [6.45, 7) is 20.1. The molecule has 1 fully saturated rings. The first-order valence-electron chi connectivity index (χ1n) is 15.1. The first-order valence-corrected chi connectivity index (χ1v) is 15.1. The number of aryl methyl sites for hydroxylation is 1. The molecule has 1 aromatic carbocycles. The van der Waals surface area contributed by atoms with Crippen LogP contribution in [0.2, 0.25) is 0 Å². The first kappa shape index (κ1) is 28.8. The van der Waals surface area contributed by atoms with E-state index in [-0.39, 0.29) is 16.2 Å². The summed E-state index contributed by atoms with van der Waals surface area (Å²) in [5.41, 5.74) is 6.09. The van der Waals surface area contributed by atoms with E-state index in [1.165, 1.54) is 31.2 Å². The predicted octanol–water partition coefficient (Wildman–Crippen LogP) is 8.71. The van der Waals surface area contributed by atoms with Crippen LogP contribution in [0, 0.1) is 22.7 Å². The number of nitrogens with zero attached hydrogens (tertiary/aromatic N) is 2. The van der Waals surface area contributed by atoms with Crippen LogP contribution in [0.4, 0.5) is 0 Å². The van der Waals surface area contributed by atoms with Gasteiger partial charge in [0.15, 0.2) is 0 Å². The Balaban J connectivity index is 1.61.